The molecule has 0 unspecified atom stereocenters. The molecule has 2 aromatic rings. The second-order valence-corrected chi connectivity index (χ2v) is 7.28. The smallest absolute Gasteiger partial charge is 0.266 e. The summed E-state index contributed by atoms with van der Waals surface area (Å²) in [6.07, 6.45) is 3.58. The first-order valence-corrected chi connectivity index (χ1v) is 9.44. The molecule has 28 heavy (non-hydrogen) atoms. The Hall–Kier alpha value is -3.13. The molecule has 1 amide bonds. The van der Waals surface area contributed by atoms with Crippen LogP contribution in [0.15, 0.2) is 35.9 Å². The van der Waals surface area contributed by atoms with E-state index in [1.54, 1.807) is 12.1 Å². The molecule has 1 saturated heterocycles. The van der Waals surface area contributed by atoms with E-state index in [-0.39, 0.29) is 11.4 Å². The first-order valence-electron chi connectivity index (χ1n) is 9.44. The Kier molecular flexibility index (Phi) is 5.79. The number of nitriles is 1. The Labute approximate surface area is 165 Å². The Bertz CT molecular complexity index is 982. The molecule has 5 heteroatoms. The van der Waals surface area contributed by atoms with Crippen LogP contribution in [0.25, 0.3) is 6.08 Å². The number of rotatable bonds is 4. The monoisotopic (exact) mass is 377 g/mol. The number of hydrogen-bond donors (Lipinski definition) is 1. The predicted molar refractivity (Wildman–Crippen MR) is 111 cm³/mol. The van der Waals surface area contributed by atoms with E-state index in [9.17, 15) is 14.4 Å². The lowest BCUT2D eigenvalue weighted by Crippen LogP contribution is -2.19. The van der Waals surface area contributed by atoms with Crippen LogP contribution >= 0.6 is 0 Å². The van der Waals surface area contributed by atoms with Gasteiger partial charge in [0.25, 0.3) is 5.91 Å². The number of anilines is 2. The zero-order valence-corrected chi connectivity index (χ0v) is 16.5. The summed E-state index contributed by atoms with van der Waals surface area (Å²) in [5.41, 5.74) is 4.69. The summed E-state index contributed by atoms with van der Waals surface area (Å²) in [6, 6.07) is 10.7. The molecule has 1 heterocycles. The number of halogens is 1. The van der Waals surface area contributed by atoms with Crippen molar-refractivity contribution in [2.45, 2.75) is 33.6 Å². The minimum absolute atomic E-state index is 0.0605. The molecule has 3 rings (SSSR count). The van der Waals surface area contributed by atoms with E-state index in [0.29, 0.717) is 16.9 Å². The van der Waals surface area contributed by atoms with Crippen LogP contribution in [-0.2, 0) is 4.79 Å². The van der Waals surface area contributed by atoms with Gasteiger partial charge in [0.05, 0.1) is 5.69 Å². The minimum Gasteiger partial charge on any atom is -0.369 e. The van der Waals surface area contributed by atoms with E-state index in [1.807, 2.05) is 43.9 Å². The van der Waals surface area contributed by atoms with Crippen LogP contribution in [0.5, 0.6) is 0 Å². The van der Waals surface area contributed by atoms with Crippen LogP contribution in [0.3, 0.4) is 0 Å². The van der Waals surface area contributed by atoms with Crippen LogP contribution in [0.4, 0.5) is 15.8 Å². The molecule has 144 valence electrons. The normalized spacial score (nSPS) is 14.1. The van der Waals surface area contributed by atoms with Crippen LogP contribution < -0.4 is 10.2 Å². The topological polar surface area (TPSA) is 56.1 Å². The number of nitrogens with zero attached hydrogens (tertiary/aromatic N) is 2. The molecule has 0 saturated carbocycles. The molecule has 1 fully saturated rings. The van der Waals surface area contributed by atoms with E-state index in [2.05, 4.69) is 5.32 Å². The maximum absolute atomic E-state index is 14.6. The Morgan fingerprint density at radius 1 is 1.11 bits per heavy atom. The van der Waals surface area contributed by atoms with Crippen molar-refractivity contribution in [2.24, 2.45) is 0 Å². The van der Waals surface area contributed by atoms with Crippen LogP contribution in [0.2, 0.25) is 0 Å². The highest BCUT2D eigenvalue weighted by Gasteiger charge is 2.18. The number of hydrogen-bond acceptors (Lipinski definition) is 3. The fourth-order valence-corrected chi connectivity index (χ4v) is 3.36. The second-order valence-electron chi connectivity index (χ2n) is 7.28. The second kappa shape index (κ2) is 8.26. The van der Waals surface area contributed by atoms with Crippen molar-refractivity contribution >= 4 is 23.4 Å². The van der Waals surface area contributed by atoms with Gasteiger partial charge < -0.3 is 10.2 Å². The lowest BCUT2D eigenvalue weighted by atomic mass is 10.0. The van der Waals surface area contributed by atoms with Gasteiger partial charge in [0.1, 0.15) is 17.5 Å². The molecule has 1 aliphatic rings. The number of carbonyl (C=O) groups excluding carboxylic acids is 1. The Morgan fingerprint density at radius 3 is 2.46 bits per heavy atom. The van der Waals surface area contributed by atoms with E-state index in [4.69, 9.17) is 0 Å². The summed E-state index contributed by atoms with van der Waals surface area (Å²) < 4.78 is 14.6. The number of benzene rings is 2. The third kappa shape index (κ3) is 4.23. The summed E-state index contributed by atoms with van der Waals surface area (Å²) in [5.74, 6) is -0.834. The zero-order chi connectivity index (χ0) is 20.3. The Morgan fingerprint density at radius 2 is 1.82 bits per heavy atom. The first-order chi connectivity index (χ1) is 13.4. The molecule has 0 radical (unpaired) electrons. The Balaban J connectivity index is 1.85. The molecule has 0 atom stereocenters. The van der Waals surface area contributed by atoms with Crippen molar-refractivity contribution in [2.75, 3.05) is 23.3 Å². The van der Waals surface area contributed by atoms with Crippen LogP contribution in [0.1, 0.15) is 35.1 Å². The van der Waals surface area contributed by atoms with Crippen LogP contribution in [-0.4, -0.2) is 19.0 Å². The highest BCUT2D eigenvalue weighted by atomic mass is 19.1. The molecule has 0 aromatic heterocycles. The summed E-state index contributed by atoms with van der Waals surface area (Å²) in [4.78, 5) is 14.5. The van der Waals surface area contributed by atoms with Gasteiger partial charge in [-0.05, 0) is 86.2 Å². The molecule has 2 aromatic carbocycles. The third-order valence-electron chi connectivity index (χ3n) is 5.21. The van der Waals surface area contributed by atoms with Crippen molar-refractivity contribution in [3.8, 4) is 6.07 Å². The molecule has 0 bridgehead atoms. The maximum Gasteiger partial charge on any atom is 0.266 e. The summed E-state index contributed by atoms with van der Waals surface area (Å²) in [6.45, 7) is 7.52. The molecule has 1 aliphatic heterocycles. The average molecular weight is 377 g/mol. The van der Waals surface area contributed by atoms with Gasteiger partial charge in [-0.2, -0.15) is 5.26 Å². The van der Waals surface area contributed by atoms with Crippen LogP contribution in [0, 0.1) is 37.9 Å². The highest BCUT2D eigenvalue weighted by molar-refractivity contribution is 6.09. The largest absolute Gasteiger partial charge is 0.369 e. The van der Waals surface area contributed by atoms with Gasteiger partial charge in [0.15, 0.2) is 0 Å². The third-order valence-corrected chi connectivity index (χ3v) is 5.21. The molecule has 0 aliphatic carbocycles. The fraction of sp³-hybridized carbons (Fsp3) is 0.304. The predicted octanol–water partition coefficient (Wildman–Crippen LogP) is 4.90. The average Bonchev–Trinajstić information content (AvgIpc) is 3.19. The van der Waals surface area contributed by atoms with Gasteiger partial charge >= 0.3 is 0 Å². The standard InChI is InChI=1S/C23H24FN3O/c1-15-6-7-20(10-16(15)2)26-23(28)19(14-25)12-18-13-21(24)22(11-17(18)3)27-8-4-5-9-27/h6-7,10-13H,4-5,8-9H2,1-3H3,(H,26,28)/b19-12-. The van der Waals surface area contributed by atoms with Crippen molar-refractivity contribution in [3.63, 3.8) is 0 Å². The molecular weight excluding hydrogens is 353 g/mol. The van der Waals surface area contributed by atoms with E-state index in [0.717, 1.165) is 42.6 Å². The van der Waals surface area contributed by atoms with Gasteiger partial charge in [-0.15, -0.1) is 0 Å². The number of carbonyl (C=O) groups is 1. The fourth-order valence-electron chi connectivity index (χ4n) is 3.36. The minimum atomic E-state index is -0.505. The number of aryl methyl sites for hydroxylation is 3. The molecule has 4 nitrogen and oxygen atoms in total. The van der Waals surface area contributed by atoms with Crippen molar-refractivity contribution in [1.82, 2.24) is 0 Å². The first kappa shape index (κ1) is 19.6. The zero-order valence-electron chi connectivity index (χ0n) is 16.5. The lowest BCUT2D eigenvalue weighted by Gasteiger charge is -2.19. The van der Waals surface area contributed by atoms with Gasteiger partial charge in [-0.25, -0.2) is 4.39 Å². The van der Waals surface area contributed by atoms with E-state index in [1.165, 1.54) is 12.1 Å². The number of amides is 1. The molecule has 1 N–H and O–H groups in total. The highest BCUT2D eigenvalue weighted by Crippen LogP contribution is 2.28. The summed E-state index contributed by atoms with van der Waals surface area (Å²) in [5, 5.41) is 12.2. The number of nitrogens with one attached hydrogen (secondary N) is 1. The molecular formula is C23H24FN3O. The maximum atomic E-state index is 14.6. The molecule has 0 spiro atoms. The SMILES string of the molecule is Cc1ccc(NC(=O)/C(C#N)=C\c2cc(F)c(N3CCCC3)cc2C)cc1C. The van der Waals surface area contributed by atoms with Crippen molar-refractivity contribution in [1.29, 1.82) is 5.26 Å². The quantitative estimate of drug-likeness (QED) is 0.609. The van der Waals surface area contributed by atoms with E-state index >= 15 is 0 Å². The lowest BCUT2D eigenvalue weighted by molar-refractivity contribution is -0.112. The van der Waals surface area contributed by atoms with Crippen molar-refractivity contribution < 1.29 is 9.18 Å². The van der Waals surface area contributed by atoms with Gasteiger partial charge in [-0.1, -0.05) is 6.07 Å². The summed E-state index contributed by atoms with van der Waals surface area (Å²) in [7, 11) is 0. The van der Waals surface area contributed by atoms with Gasteiger partial charge in [0.2, 0.25) is 0 Å². The van der Waals surface area contributed by atoms with Gasteiger partial charge in [0, 0.05) is 18.8 Å². The van der Waals surface area contributed by atoms with Gasteiger partial charge in [-0.3, -0.25) is 4.79 Å². The summed E-state index contributed by atoms with van der Waals surface area (Å²) >= 11 is 0. The van der Waals surface area contributed by atoms with E-state index < -0.39 is 5.91 Å². The van der Waals surface area contributed by atoms with Crippen molar-refractivity contribution in [3.05, 3.63) is 64.0 Å².